The molecule has 15 heavy (non-hydrogen) atoms. The lowest BCUT2D eigenvalue weighted by Crippen LogP contribution is -2.18. The number of para-hydroxylation sites is 1. The standard InChI is InChI=1S/C10H9NO4/c12-8-4-2-1-3-6(8)9(13)11-5-7(11)10(14)15/h1-4,7,12H,5H2,(H,14,15)/t7-,11?/m1/s1. The first kappa shape index (κ1) is 9.51. The number of amides is 1. The molecule has 0 aromatic heterocycles. The number of hydrogen-bond acceptors (Lipinski definition) is 3. The summed E-state index contributed by atoms with van der Waals surface area (Å²) in [6, 6.07) is 5.34. The van der Waals surface area contributed by atoms with Crippen molar-refractivity contribution in [3.8, 4) is 5.75 Å². The van der Waals surface area contributed by atoms with E-state index in [1.54, 1.807) is 12.1 Å². The highest BCUT2D eigenvalue weighted by atomic mass is 16.4. The number of aromatic hydroxyl groups is 1. The van der Waals surface area contributed by atoms with Crippen LogP contribution in [0, 0.1) is 0 Å². The van der Waals surface area contributed by atoms with E-state index in [2.05, 4.69) is 0 Å². The predicted octanol–water partition coefficient (Wildman–Crippen LogP) is 0.301. The molecule has 78 valence electrons. The lowest BCUT2D eigenvalue weighted by atomic mass is 10.2. The first-order valence-corrected chi connectivity index (χ1v) is 4.43. The molecule has 0 spiro atoms. The highest BCUT2D eigenvalue weighted by Gasteiger charge is 2.45. The van der Waals surface area contributed by atoms with E-state index in [-0.39, 0.29) is 17.9 Å². The van der Waals surface area contributed by atoms with E-state index in [0.29, 0.717) is 0 Å². The lowest BCUT2D eigenvalue weighted by molar-refractivity contribution is -0.137. The number of nitrogens with zero attached hydrogens (tertiary/aromatic N) is 1. The van der Waals surface area contributed by atoms with Crippen LogP contribution >= 0.6 is 0 Å². The summed E-state index contributed by atoms with van der Waals surface area (Å²) >= 11 is 0. The largest absolute Gasteiger partial charge is 0.507 e. The molecule has 2 rings (SSSR count). The van der Waals surface area contributed by atoms with E-state index >= 15 is 0 Å². The molecular weight excluding hydrogens is 198 g/mol. The van der Waals surface area contributed by atoms with E-state index in [0.717, 1.165) is 0 Å². The minimum Gasteiger partial charge on any atom is -0.507 e. The Morgan fingerprint density at radius 3 is 2.53 bits per heavy atom. The topological polar surface area (TPSA) is 77.6 Å². The van der Waals surface area contributed by atoms with Gasteiger partial charge in [-0.1, -0.05) is 12.1 Å². The molecule has 1 amide bonds. The van der Waals surface area contributed by atoms with Gasteiger partial charge in [0.25, 0.3) is 5.91 Å². The Bertz CT molecular complexity index is 429. The molecule has 1 fully saturated rings. The fourth-order valence-corrected chi connectivity index (χ4v) is 1.38. The van der Waals surface area contributed by atoms with Gasteiger partial charge in [0.2, 0.25) is 0 Å². The summed E-state index contributed by atoms with van der Waals surface area (Å²) < 4.78 is 0. The minimum atomic E-state index is -1.02. The van der Waals surface area contributed by atoms with Crippen molar-refractivity contribution in [2.75, 3.05) is 6.54 Å². The summed E-state index contributed by atoms with van der Waals surface area (Å²) in [5, 5.41) is 18.0. The first-order valence-electron chi connectivity index (χ1n) is 4.43. The van der Waals surface area contributed by atoms with Crippen molar-refractivity contribution in [3.63, 3.8) is 0 Å². The van der Waals surface area contributed by atoms with Crippen LogP contribution in [0.1, 0.15) is 10.4 Å². The number of rotatable bonds is 2. The van der Waals surface area contributed by atoms with Gasteiger partial charge in [0, 0.05) is 0 Å². The van der Waals surface area contributed by atoms with E-state index < -0.39 is 17.9 Å². The number of carboxylic acids is 1. The number of carbonyl (C=O) groups excluding carboxylic acids is 1. The maximum absolute atomic E-state index is 11.6. The maximum Gasteiger partial charge on any atom is 0.328 e. The van der Waals surface area contributed by atoms with Crippen molar-refractivity contribution in [1.29, 1.82) is 0 Å². The van der Waals surface area contributed by atoms with E-state index in [1.807, 2.05) is 0 Å². The van der Waals surface area contributed by atoms with Crippen LogP contribution in [0.25, 0.3) is 0 Å². The number of carbonyl (C=O) groups is 2. The highest BCUT2D eigenvalue weighted by molar-refractivity contribution is 6.01. The van der Waals surface area contributed by atoms with Gasteiger partial charge in [0.1, 0.15) is 11.8 Å². The summed E-state index contributed by atoms with van der Waals surface area (Å²) in [7, 11) is 0. The third-order valence-electron chi connectivity index (χ3n) is 2.29. The van der Waals surface area contributed by atoms with Gasteiger partial charge in [-0.25, -0.2) is 4.79 Å². The molecule has 0 bridgehead atoms. The number of aliphatic carboxylic acids is 1. The molecule has 0 radical (unpaired) electrons. The van der Waals surface area contributed by atoms with Gasteiger partial charge in [-0.2, -0.15) is 0 Å². The number of phenolic OH excluding ortho intramolecular Hbond substituents is 1. The van der Waals surface area contributed by atoms with Crippen molar-refractivity contribution in [1.82, 2.24) is 4.90 Å². The van der Waals surface area contributed by atoms with Crippen molar-refractivity contribution in [2.45, 2.75) is 6.04 Å². The summed E-state index contributed by atoms with van der Waals surface area (Å²) in [5.41, 5.74) is 0.140. The van der Waals surface area contributed by atoms with Crippen LogP contribution in [-0.4, -0.2) is 39.6 Å². The van der Waals surface area contributed by atoms with Gasteiger partial charge in [0.05, 0.1) is 12.1 Å². The molecule has 1 heterocycles. The Hall–Kier alpha value is -2.04. The van der Waals surface area contributed by atoms with Crippen molar-refractivity contribution in [2.24, 2.45) is 0 Å². The molecule has 0 saturated carbocycles. The molecule has 5 heteroatoms. The Labute approximate surface area is 85.6 Å². The van der Waals surface area contributed by atoms with Crippen LogP contribution in [-0.2, 0) is 4.79 Å². The van der Waals surface area contributed by atoms with Gasteiger partial charge >= 0.3 is 5.97 Å². The minimum absolute atomic E-state index is 0.126. The number of hydrogen-bond donors (Lipinski definition) is 2. The Morgan fingerprint density at radius 1 is 1.33 bits per heavy atom. The zero-order valence-electron chi connectivity index (χ0n) is 7.75. The van der Waals surface area contributed by atoms with Crippen LogP contribution in [0.15, 0.2) is 24.3 Å². The molecule has 1 aromatic rings. The van der Waals surface area contributed by atoms with Gasteiger partial charge in [-0.15, -0.1) is 0 Å². The molecule has 1 aliphatic heterocycles. The second-order valence-corrected chi connectivity index (χ2v) is 3.33. The average molecular weight is 207 g/mol. The number of benzene rings is 1. The van der Waals surface area contributed by atoms with Gasteiger partial charge < -0.3 is 15.1 Å². The number of phenols is 1. The zero-order chi connectivity index (χ0) is 11.0. The molecular formula is C10H9NO4. The summed E-state index contributed by atoms with van der Waals surface area (Å²) in [6.45, 7) is 0.211. The average Bonchev–Trinajstić information content (AvgIpc) is 2.97. The lowest BCUT2D eigenvalue weighted by Gasteiger charge is -2.04. The van der Waals surface area contributed by atoms with E-state index in [4.69, 9.17) is 5.11 Å². The third-order valence-corrected chi connectivity index (χ3v) is 2.29. The Kier molecular flexibility index (Phi) is 2.07. The summed E-state index contributed by atoms with van der Waals surface area (Å²) in [5.74, 6) is -1.59. The zero-order valence-corrected chi connectivity index (χ0v) is 7.75. The van der Waals surface area contributed by atoms with E-state index in [9.17, 15) is 14.7 Å². The van der Waals surface area contributed by atoms with E-state index in [1.165, 1.54) is 17.0 Å². The smallest absolute Gasteiger partial charge is 0.328 e. The second-order valence-electron chi connectivity index (χ2n) is 3.33. The molecule has 2 N–H and O–H groups in total. The molecule has 1 saturated heterocycles. The van der Waals surface area contributed by atoms with Crippen LogP contribution in [0.4, 0.5) is 0 Å². The van der Waals surface area contributed by atoms with Crippen LogP contribution in [0.3, 0.4) is 0 Å². The Morgan fingerprint density at radius 2 is 2.00 bits per heavy atom. The number of carboxylic acid groups (broad SMARTS) is 1. The van der Waals surface area contributed by atoms with Crippen LogP contribution in [0.5, 0.6) is 5.75 Å². The molecule has 0 unspecified atom stereocenters. The van der Waals surface area contributed by atoms with Crippen LogP contribution < -0.4 is 0 Å². The first-order chi connectivity index (χ1) is 7.11. The fourth-order valence-electron chi connectivity index (χ4n) is 1.38. The van der Waals surface area contributed by atoms with Crippen molar-refractivity contribution < 1.29 is 19.8 Å². The summed E-state index contributed by atoms with van der Waals surface area (Å²) in [6.07, 6.45) is 0. The van der Waals surface area contributed by atoms with Crippen molar-refractivity contribution >= 4 is 11.9 Å². The molecule has 5 nitrogen and oxygen atoms in total. The van der Waals surface area contributed by atoms with Crippen molar-refractivity contribution in [3.05, 3.63) is 29.8 Å². The SMILES string of the molecule is O=C(O)[C@H]1CN1C(=O)c1ccccc1O. The normalized spacial score (nSPS) is 18.7. The maximum atomic E-state index is 11.6. The highest BCUT2D eigenvalue weighted by Crippen LogP contribution is 2.25. The van der Waals surface area contributed by atoms with Gasteiger partial charge in [-0.05, 0) is 12.1 Å². The van der Waals surface area contributed by atoms with Gasteiger partial charge in [-0.3, -0.25) is 4.79 Å². The monoisotopic (exact) mass is 207 g/mol. The predicted molar refractivity (Wildman–Crippen MR) is 50.6 cm³/mol. The molecule has 0 aliphatic carbocycles. The molecule has 1 aliphatic rings. The van der Waals surface area contributed by atoms with Gasteiger partial charge in [0.15, 0.2) is 0 Å². The molecule has 1 atom stereocenters. The molecule has 1 aromatic carbocycles. The fraction of sp³-hybridized carbons (Fsp3) is 0.200. The third kappa shape index (κ3) is 1.63. The van der Waals surface area contributed by atoms with Crippen LogP contribution in [0.2, 0.25) is 0 Å². The Balaban J connectivity index is 2.17. The summed E-state index contributed by atoms with van der Waals surface area (Å²) in [4.78, 5) is 23.4. The quantitative estimate of drug-likeness (QED) is 0.684. The second kappa shape index (κ2) is 3.27.